The molecule has 4 rings (SSSR count). The van der Waals surface area contributed by atoms with Crippen LogP contribution in [0, 0.1) is 4.77 Å². The maximum atomic E-state index is 5.40. The molecule has 6 nitrogen and oxygen atoms in total. The van der Waals surface area contributed by atoms with Crippen molar-refractivity contribution in [3.8, 4) is 5.75 Å². The van der Waals surface area contributed by atoms with Crippen LogP contribution >= 0.6 is 12.2 Å². The van der Waals surface area contributed by atoms with E-state index < -0.39 is 0 Å². The van der Waals surface area contributed by atoms with E-state index in [1.165, 1.54) is 0 Å². The first kappa shape index (κ1) is 16.5. The molecule has 0 aliphatic heterocycles. The number of methoxy groups -OCH3 is 1. The molecule has 7 heteroatoms. The average molecular weight is 365 g/mol. The lowest BCUT2D eigenvalue weighted by Crippen LogP contribution is -2.02. The van der Waals surface area contributed by atoms with E-state index in [4.69, 9.17) is 17.0 Å². The molecule has 0 aliphatic carbocycles. The van der Waals surface area contributed by atoms with Crippen LogP contribution < -0.4 is 10.1 Å². The lowest BCUT2D eigenvalue weighted by Gasteiger charge is -2.09. The number of rotatable bonds is 5. The second-order valence-electron chi connectivity index (χ2n) is 5.98. The molecule has 4 aromatic rings. The largest absolute Gasteiger partial charge is 0.497 e. The molecule has 132 valence electrons. The molecule has 0 spiro atoms. The zero-order valence-corrected chi connectivity index (χ0v) is 15.4. The van der Waals surface area contributed by atoms with E-state index in [0.29, 0.717) is 6.54 Å². The van der Waals surface area contributed by atoms with Gasteiger partial charge in [-0.05, 0) is 49.0 Å². The van der Waals surface area contributed by atoms with Crippen molar-refractivity contribution in [2.45, 2.75) is 20.0 Å². The molecule has 2 aromatic carbocycles. The van der Waals surface area contributed by atoms with Gasteiger partial charge in [0.1, 0.15) is 17.9 Å². The number of nitrogens with zero attached hydrogens (tertiary/aromatic N) is 3. The lowest BCUT2D eigenvalue weighted by atomic mass is 10.2. The monoisotopic (exact) mass is 365 g/mol. The Balaban J connectivity index is 1.70. The SMILES string of the molecule is CCn1c(=S)[nH]c2cc3c(NCc4ccc(OC)cc4)ncnc3cc21. The molecule has 2 N–H and O–H groups in total. The van der Waals surface area contributed by atoms with Crippen molar-refractivity contribution in [1.82, 2.24) is 19.5 Å². The van der Waals surface area contributed by atoms with Gasteiger partial charge in [-0.3, -0.25) is 0 Å². The maximum Gasteiger partial charge on any atom is 0.178 e. The highest BCUT2D eigenvalue weighted by atomic mass is 32.1. The Morgan fingerprint density at radius 3 is 2.73 bits per heavy atom. The molecule has 0 atom stereocenters. The molecule has 0 aliphatic rings. The van der Waals surface area contributed by atoms with Crippen LogP contribution in [0.5, 0.6) is 5.75 Å². The van der Waals surface area contributed by atoms with Crippen LogP contribution in [-0.2, 0) is 13.1 Å². The third kappa shape index (κ3) is 2.90. The van der Waals surface area contributed by atoms with Crippen LogP contribution in [0.2, 0.25) is 0 Å². The van der Waals surface area contributed by atoms with E-state index in [-0.39, 0.29) is 0 Å². The van der Waals surface area contributed by atoms with E-state index in [0.717, 1.165) is 50.4 Å². The van der Waals surface area contributed by atoms with Crippen LogP contribution in [-0.4, -0.2) is 26.6 Å². The predicted octanol–water partition coefficient (Wildman–Crippen LogP) is 4.28. The van der Waals surface area contributed by atoms with Crippen LogP contribution in [0.25, 0.3) is 21.9 Å². The highest BCUT2D eigenvalue weighted by molar-refractivity contribution is 7.71. The van der Waals surface area contributed by atoms with Crippen LogP contribution in [0.15, 0.2) is 42.7 Å². The van der Waals surface area contributed by atoms with Gasteiger partial charge in [0.2, 0.25) is 0 Å². The molecule has 2 heterocycles. The van der Waals surface area contributed by atoms with Gasteiger partial charge in [-0.2, -0.15) is 0 Å². The molecular weight excluding hydrogens is 346 g/mol. The minimum atomic E-state index is 0.667. The van der Waals surface area contributed by atoms with Gasteiger partial charge in [-0.15, -0.1) is 0 Å². The normalized spacial score (nSPS) is 11.2. The number of aromatic amines is 1. The Labute approximate surface area is 155 Å². The van der Waals surface area contributed by atoms with Gasteiger partial charge in [0.15, 0.2) is 4.77 Å². The van der Waals surface area contributed by atoms with Crippen LogP contribution in [0.3, 0.4) is 0 Å². The number of ether oxygens (including phenoxy) is 1. The van der Waals surface area contributed by atoms with Crippen molar-refractivity contribution in [3.63, 3.8) is 0 Å². The molecule has 0 radical (unpaired) electrons. The number of aryl methyl sites for hydroxylation is 1. The Morgan fingerprint density at radius 1 is 1.19 bits per heavy atom. The molecule has 26 heavy (non-hydrogen) atoms. The summed E-state index contributed by atoms with van der Waals surface area (Å²) in [6.45, 7) is 3.56. The van der Waals surface area contributed by atoms with E-state index in [1.807, 2.05) is 24.3 Å². The third-order valence-electron chi connectivity index (χ3n) is 4.47. The number of fused-ring (bicyclic) bond motifs is 2. The Kier molecular flexibility index (Phi) is 4.30. The second kappa shape index (κ2) is 6.76. The van der Waals surface area contributed by atoms with Gasteiger partial charge in [0, 0.05) is 18.5 Å². The van der Waals surface area contributed by atoms with E-state index in [2.05, 4.69) is 43.9 Å². The standard InChI is InChI=1S/C19H19N5OS/c1-3-24-17-9-15-14(8-16(17)23-19(24)26)18(22-11-21-15)20-10-12-4-6-13(25-2)7-5-12/h4-9,11H,3,10H2,1-2H3,(H,23,26)(H,20,21,22). The Hall–Kier alpha value is -2.93. The number of H-pyrrole nitrogens is 1. The predicted molar refractivity (Wildman–Crippen MR) is 106 cm³/mol. The first-order chi connectivity index (χ1) is 12.7. The van der Waals surface area contributed by atoms with Crippen LogP contribution in [0.4, 0.5) is 5.82 Å². The summed E-state index contributed by atoms with van der Waals surface area (Å²) in [4.78, 5) is 12.1. The number of imidazole rings is 1. The number of anilines is 1. The molecule has 0 saturated carbocycles. The summed E-state index contributed by atoms with van der Waals surface area (Å²) in [7, 11) is 1.66. The molecule has 0 amide bonds. The Morgan fingerprint density at radius 2 is 2.00 bits per heavy atom. The van der Waals surface area contributed by atoms with Gasteiger partial charge in [-0.1, -0.05) is 12.1 Å². The summed E-state index contributed by atoms with van der Waals surface area (Å²) < 4.78 is 7.98. The fourth-order valence-electron chi connectivity index (χ4n) is 3.09. The van der Waals surface area contributed by atoms with Crippen molar-refractivity contribution in [1.29, 1.82) is 0 Å². The van der Waals surface area contributed by atoms with E-state index >= 15 is 0 Å². The maximum absolute atomic E-state index is 5.40. The fraction of sp³-hybridized carbons (Fsp3) is 0.211. The number of aromatic nitrogens is 4. The van der Waals surface area contributed by atoms with Crippen LogP contribution in [0.1, 0.15) is 12.5 Å². The van der Waals surface area contributed by atoms with E-state index in [9.17, 15) is 0 Å². The molecule has 0 bridgehead atoms. The van der Waals surface area contributed by atoms with Crippen molar-refractivity contribution in [2.75, 3.05) is 12.4 Å². The Bertz CT molecular complexity index is 1130. The summed E-state index contributed by atoms with van der Waals surface area (Å²) >= 11 is 5.40. The topological polar surface area (TPSA) is 67.8 Å². The van der Waals surface area contributed by atoms with Gasteiger partial charge in [0.05, 0.1) is 23.7 Å². The highest BCUT2D eigenvalue weighted by Crippen LogP contribution is 2.26. The quantitative estimate of drug-likeness (QED) is 0.517. The molecule has 0 unspecified atom stereocenters. The van der Waals surface area contributed by atoms with Crippen molar-refractivity contribution in [3.05, 3.63) is 53.1 Å². The fourth-order valence-corrected chi connectivity index (χ4v) is 3.43. The van der Waals surface area contributed by atoms with Gasteiger partial charge in [0.25, 0.3) is 0 Å². The minimum absolute atomic E-state index is 0.667. The summed E-state index contributed by atoms with van der Waals surface area (Å²) in [5.41, 5.74) is 4.09. The average Bonchev–Trinajstić information content (AvgIpc) is 2.98. The number of benzene rings is 2. The summed E-state index contributed by atoms with van der Waals surface area (Å²) in [5, 5.41) is 4.37. The lowest BCUT2D eigenvalue weighted by molar-refractivity contribution is 0.414. The van der Waals surface area contributed by atoms with Crippen molar-refractivity contribution < 1.29 is 4.74 Å². The molecule has 2 aromatic heterocycles. The minimum Gasteiger partial charge on any atom is -0.497 e. The third-order valence-corrected chi connectivity index (χ3v) is 4.79. The van der Waals surface area contributed by atoms with Gasteiger partial charge < -0.3 is 19.6 Å². The number of hydrogen-bond acceptors (Lipinski definition) is 5. The second-order valence-corrected chi connectivity index (χ2v) is 6.37. The summed E-state index contributed by atoms with van der Waals surface area (Å²) in [5.74, 6) is 1.65. The molecular formula is C19H19N5OS. The van der Waals surface area contributed by atoms with Crippen molar-refractivity contribution >= 4 is 40.0 Å². The highest BCUT2D eigenvalue weighted by Gasteiger charge is 2.09. The number of nitrogens with one attached hydrogen (secondary N) is 2. The summed E-state index contributed by atoms with van der Waals surface area (Å²) in [6.07, 6.45) is 1.59. The molecule has 0 fully saturated rings. The zero-order valence-electron chi connectivity index (χ0n) is 14.6. The zero-order chi connectivity index (χ0) is 18.1. The van der Waals surface area contributed by atoms with E-state index in [1.54, 1.807) is 13.4 Å². The van der Waals surface area contributed by atoms with Gasteiger partial charge >= 0.3 is 0 Å². The van der Waals surface area contributed by atoms with Gasteiger partial charge in [-0.25, -0.2) is 9.97 Å². The summed E-state index contributed by atoms with van der Waals surface area (Å²) in [6, 6.07) is 12.1. The molecule has 0 saturated heterocycles. The number of hydrogen-bond donors (Lipinski definition) is 2. The first-order valence-corrected chi connectivity index (χ1v) is 8.84. The van der Waals surface area contributed by atoms with Crippen molar-refractivity contribution in [2.24, 2.45) is 0 Å². The first-order valence-electron chi connectivity index (χ1n) is 8.43. The smallest absolute Gasteiger partial charge is 0.178 e.